The summed E-state index contributed by atoms with van der Waals surface area (Å²) in [6, 6.07) is 4.97. The molecule has 0 saturated carbocycles. The number of aryl methyl sites for hydroxylation is 1. The minimum absolute atomic E-state index is 0.0424. The molecule has 5 nitrogen and oxygen atoms in total. The summed E-state index contributed by atoms with van der Waals surface area (Å²) < 4.78 is 0. The minimum Gasteiger partial charge on any atom is -0.478 e. The smallest absolute Gasteiger partial charge is 0.336 e. The zero-order chi connectivity index (χ0) is 14.8. The van der Waals surface area contributed by atoms with Crippen molar-refractivity contribution in [2.75, 3.05) is 18.4 Å². The van der Waals surface area contributed by atoms with Crippen molar-refractivity contribution in [2.45, 2.75) is 26.7 Å². The Morgan fingerprint density at radius 3 is 2.55 bits per heavy atom. The molecule has 2 rings (SSSR count). The fraction of sp³-hybridized carbons (Fsp3) is 0.467. The fourth-order valence-corrected chi connectivity index (χ4v) is 2.42. The van der Waals surface area contributed by atoms with Crippen molar-refractivity contribution in [2.24, 2.45) is 5.41 Å². The first kappa shape index (κ1) is 14.5. The van der Waals surface area contributed by atoms with Crippen LogP contribution in [0.4, 0.5) is 5.69 Å². The van der Waals surface area contributed by atoms with Crippen LogP contribution in [-0.4, -0.2) is 30.1 Å². The van der Waals surface area contributed by atoms with E-state index in [1.165, 1.54) is 6.07 Å². The standard InChI is InChI=1S/C15H20N2O3/c1-10-3-4-11(9-12(10)13(18)19)17-14(20)15(2)5-7-16-8-6-15/h3-4,9,16H,5-8H2,1-2H3,(H,17,20)(H,18,19). The number of aromatic carboxylic acids is 1. The van der Waals surface area contributed by atoms with Crippen LogP contribution in [0.3, 0.4) is 0 Å². The summed E-state index contributed by atoms with van der Waals surface area (Å²) in [5.41, 5.74) is 1.05. The molecule has 1 heterocycles. The van der Waals surface area contributed by atoms with Crippen molar-refractivity contribution in [3.05, 3.63) is 29.3 Å². The van der Waals surface area contributed by atoms with E-state index in [9.17, 15) is 9.59 Å². The SMILES string of the molecule is Cc1ccc(NC(=O)C2(C)CCNCC2)cc1C(=O)O. The number of anilines is 1. The van der Waals surface area contributed by atoms with E-state index in [1.807, 2.05) is 6.92 Å². The molecule has 1 amide bonds. The molecule has 0 atom stereocenters. The van der Waals surface area contributed by atoms with Crippen molar-refractivity contribution >= 4 is 17.6 Å². The van der Waals surface area contributed by atoms with Gasteiger partial charge in [0.2, 0.25) is 5.91 Å². The Kier molecular flexibility index (Phi) is 4.09. The average Bonchev–Trinajstić information content (AvgIpc) is 2.41. The minimum atomic E-state index is -0.980. The summed E-state index contributed by atoms with van der Waals surface area (Å²) in [5, 5.41) is 15.2. The predicted octanol–water partition coefficient (Wildman–Crippen LogP) is 2.02. The molecule has 0 radical (unpaired) electrons. The molecule has 0 spiro atoms. The van der Waals surface area contributed by atoms with Crippen LogP contribution in [0.15, 0.2) is 18.2 Å². The van der Waals surface area contributed by atoms with Crippen molar-refractivity contribution in [3.8, 4) is 0 Å². The summed E-state index contributed by atoms with van der Waals surface area (Å²) in [4.78, 5) is 23.5. The molecule has 1 aromatic carbocycles. The van der Waals surface area contributed by atoms with Gasteiger partial charge in [0.1, 0.15) is 0 Å². The molecule has 1 aromatic rings. The van der Waals surface area contributed by atoms with Crippen LogP contribution >= 0.6 is 0 Å². The van der Waals surface area contributed by atoms with Crippen LogP contribution in [-0.2, 0) is 4.79 Å². The van der Waals surface area contributed by atoms with Gasteiger partial charge in [0.25, 0.3) is 0 Å². The molecule has 0 aliphatic carbocycles. The summed E-state index contributed by atoms with van der Waals surface area (Å²) in [5.74, 6) is -1.02. The Bertz CT molecular complexity index is 534. The lowest BCUT2D eigenvalue weighted by atomic mass is 9.80. The Hall–Kier alpha value is -1.88. The van der Waals surface area contributed by atoms with Crippen molar-refractivity contribution in [3.63, 3.8) is 0 Å². The lowest BCUT2D eigenvalue weighted by Crippen LogP contribution is -2.42. The second-order valence-electron chi connectivity index (χ2n) is 5.60. The molecule has 0 unspecified atom stereocenters. The second kappa shape index (κ2) is 5.63. The highest BCUT2D eigenvalue weighted by Crippen LogP contribution is 2.29. The summed E-state index contributed by atoms with van der Waals surface area (Å²) in [6.45, 7) is 5.36. The van der Waals surface area contributed by atoms with E-state index in [-0.39, 0.29) is 16.9 Å². The number of hydrogen-bond donors (Lipinski definition) is 3. The van der Waals surface area contributed by atoms with Gasteiger partial charge in [-0.3, -0.25) is 4.79 Å². The third-order valence-corrected chi connectivity index (χ3v) is 3.98. The fourth-order valence-electron chi connectivity index (χ4n) is 2.42. The van der Waals surface area contributed by atoms with Crippen molar-refractivity contribution < 1.29 is 14.7 Å². The van der Waals surface area contributed by atoms with Crippen LogP contribution < -0.4 is 10.6 Å². The summed E-state index contributed by atoms with van der Waals surface area (Å²) >= 11 is 0. The topological polar surface area (TPSA) is 78.4 Å². The number of nitrogens with one attached hydrogen (secondary N) is 2. The molecule has 0 aromatic heterocycles. The number of carboxylic acids is 1. The van der Waals surface area contributed by atoms with Gasteiger partial charge >= 0.3 is 5.97 Å². The Balaban J connectivity index is 2.15. The molecular formula is C15H20N2O3. The number of carboxylic acid groups (broad SMARTS) is 1. The van der Waals surface area contributed by atoms with Gasteiger partial charge in [-0.1, -0.05) is 13.0 Å². The first-order valence-corrected chi connectivity index (χ1v) is 6.78. The Morgan fingerprint density at radius 2 is 1.95 bits per heavy atom. The number of rotatable bonds is 3. The number of amides is 1. The highest BCUT2D eigenvalue weighted by Gasteiger charge is 2.34. The molecule has 1 aliphatic rings. The van der Waals surface area contributed by atoms with Crippen molar-refractivity contribution in [1.29, 1.82) is 0 Å². The van der Waals surface area contributed by atoms with Gasteiger partial charge in [0.15, 0.2) is 0 Å². The number of carbonyl (C=O) groups is 2. The van der Waals surface area contributed by atoms with E-state index >= 15 is 0 Å². The Labute approximate surface area is 118 Å². The monoisotopic (exact) mass is 276 g/mol. The van der Waals surface area contributed by atoms with Gasteiger partial charge in [-0.15, -0.1) is 0 Å². The van der Waals surface area contributed by atoms with E-state index in [1.54, 1.807) is 19.1 Å². The van der Waals surface area contributed by atoms with Crippen LogP contribution in [0.2, 0.25) is 0 Å². The molecule has 3 N–H and O–H groups in total. The van der Waals surface area contributed by atoms with E-state index in [0.29, 0.717) is 11.3 Å². The lowest BCUT2D eigenvalue weighted by Gasteiger charge is -2.32. The van der Waals surface area contributed by atoms with Gasteiger partial charge in [-0.25, -0.2) is 4.79 Å². The molecule has 1 aliphatic heterocycles. The molecular weight excluding hydrogens is 256 g/mol. The van der Waals surface area contributed by atoms with Gasteiger partial charge in [-0.05, 0) is 50.6 Å². The van der Waals surface area contributed by atoms with Gasteiger partial charge in [-0.2, -0.15) is 0 Å². The van der Waals surface area contributed by atoms with E-state index < -0.39 is 5.97 Å². The molecule has 20 heavy (non-hydrogen) atoms. The third kappa shape index (κ3) is 2.99. The van der Waals surface area contributed by atoms with Gasteiger partial charge in [0.05, 0.1) is 5.56 Å². The van der Waals surface area contributed by atoms with Crippen LogP contribution in [0, 0.1) is 12.3 Å². The third-order valence-electron chi connectivity index (χ3n) is 3.98. The van der Waals surface area contributed by atoms with Crippen LogP contribution in [0.25, 0.3) is 0 Å². The highest BCUT2D eigenvalue weighted by atomic mass is 16.4. The molecule has 5 heteroatoms. The zero-order valence-electron chi connectivity index (χ0n) is 11.8. The molecule has 108 valence electrons. The maximum absolute atomic E-state index is 12.4. The number of benzene rings is 1. The zero-order valence-corrected chi connectivity index (χ0v) is 11.8. The van der Waals surface area contributed by atoms with Crippen molar-refractivity contribution in [1.82, 2.24) is 5.32 Å². The molecule has 1 fully saturated rings. The van der Waals surface area contributed by atoms with E-state index in [0.717, 1.165) is 25.9 Å². The lowest BCUT2D eigenvalue weighted by molar-refractivity contribution is -0.126. The first-order valence-electron chi connectivity index (χ1n) is 6.78. The van der Waals surface area contributed by atoms with E-state index in [2.05, 4.69) is 10.6 Å². The van der Waals surface area contributed by atoms with Gasteiger partial charge < -0.3 is 15.7 Å². The second-order valence-corrected chi connectivity index (χ2v) is 5.60. The maximum atomic E-state index is 12.4. The summed E-state index contributed by atoms with van der Waals surface area (Å²) in [7, 11) is 0. The molecule has 1 saturated heterocycles. The molecule has 0 bridgehead atoms. The normalized spacial score (nSPS) is 17.5. The van der Waals surface area contributed by atoms with E-state index in [4.69, 9.17) is 5.11 Å². The summed E-state index contributed by atoms with van der Waals surface area (Å²) in [6.07, 6.45) is 1.58. The first-order chi connectivity index (χ1) is 9.42. The predicted molar refractivity (Wildman–Crippen MR) is 77.0 cm³/mol. The van der Waals surface area contributed by atoms with Crippen LogP contribution in [0.5, 0.6) is 0 Å². The maximum Gasteiger partial charge on any atom is 0.336 e. The average molecular weight is 276 g/mol. The Morgan fingerprint density at radius 1 is 1.30 bits per heavy atom. The largest absolute Gasteiger partial charge is 0.478 e. The number of piperidine rings is 1. The van der Waals surface area contributed by atoms with Crippen LogP contribution in [0.1, 0.15) is 35.7 Å². The quantitative estimate of drug-likeness (QED) is 0.789. The van der Waals surface area contributed by atoms with Gasteiger partial charge in [0, 0.05) is 11.1 Å². The number of carbonyl (C=O) groups excluding carboxylic acids is 1. The number of hydrogen-bond acceptors (Lipinski definition) is 3. The highest BCUT2D eigenvalue weighted by molar-refractivity contribution is 5.97.